The van der Waals surface area contributed by atoms with Gasteiger partial charge in [0.2, 0.25) is 0 Å². The smallest absolute Gasteiger partial charge is 0.191 e. The molecule has 2 aromatic carbocycles. The molecule has 0 aliphatic heterocycles. The van der Waals surface area contributed by atoms with Crippen LogP contribution < -0.4 is 4.74 Å². The minimum Gasteiger partial charge on any atom is -0.484 e. The van der Waals surface area contributed by atoms with Crippen LogP contribution >= 0.6 is 35.0 Å². The van der Waals surface area contributed by atoms with E-state index in [0.29, 0.717) is 27.4 Å². The van der Waals surface area contributed by atoms with Gasteiger partial charge >= 0.3 is 0 Å². The summed E-state index contributed by atoms with van der Waals surface area (Å²) in [6.07, 6.45) is 0. The zero-order valence-electron chi connectivity index (χ0n) is 13.2. The molecule has 0 fully saturated rings. The normalized spacial score (nSPS) is 10.9. The molecule has 0 bridgehead atoms. The molecule has 0 aliphatic carbocycles. The van der Waals surface area contributed by atoms with Crippen molar-refractivity contribution in [1.29, 1.82) is 0 Å². The van der Waals surface area contributed by atoms with Gasteiger partial charge in [-0.1, -0.05) is 47.1 Å². The fourth-order valence-electron chi connectivity index (χ4n) is 2.06. The van der Waals surface area contributed by atoms with E-state index < -0.39 is 0 Å². The Morgan fingerprint density at radius 2 is 1.88 bits per heavy atom. The minimum absolute atomic E-state index is 0.238. The third-order valence-electron chi connectivity index (χ3n) is 3.46. The molecule has 0 aliphatic rings. The SMILES string of the molecule is Cn1c(COc2ccc(Cl)cc2Cl)nnc1SCc1ccc(F)cc1. The van der Waals surface area contributed by atoms with Crippen LogP contribution in [0.3, 0.4) is 0 Å². The molecule has 8 heteroatoms. The summed E-state index contributed by atoms with van der Waals surface area (Å²) < 4.78 is 20.5. The lowest BCUT2D eigenvalue weighted by Gasteiger charge is -2.08. The van der Waals surface area contributed by atoms with Crippen LogP contribution in [0.4, 0.5) is 4.39 Å². The maximum Gasteiger partial charge on any atom is 0.191 e. The fraction of sp³-hybridized carbons (Fsp3) is 0.176. The lowest BCUT2D eigenvalue weighted by atomic mass is 10.2. The summed E-state index contributed by atoms with van der Waals surface area (Å²) in [6.45, 7) is 0.238. The molecule has 0 saturated carbocycles. The number of rotatable bonds is 6. The average Bonchev–Trinajstić information content (AvgIpc) is 2.94. The number of hydrogen-bond acceptors (Lipinski definition) is 4. The molecule has 25 heavy (non-hydrogen) atoms. The second-order valence-electron chi connectivity index (χ2n) is 5.24. The Morgan fingerprint density at radius 3 is 2.60 bits per heavy atom. The van der Waals surface area contributed by atoms with Crippen molar-refractivity contribution in [1.82, 2.24) is 14.8 Å². The predicted molar refractivity (Wildman–Crippen MR) is 97.8 cm³/mol. The van der Waals surface area contributed by atoms with Crippen molar-refractivity contribution in [3.05, 3.63) is 69.7 Å². The van der Waals surface area contributed by atoms with Crippen molar-refractivity contribution in [2.24, 2.45) is 7.05 Å². The Kier molecular flexibility index (Phi) is 5.83. The van der Waals surface area contributed by atoms with Crippen LogP contribution in [0.1, 0.15) is 11.4 Å². The van der Waals surface area contributed by atoms with Crippen molar-refractivity contribution in [3.63, 3.8) is 0 Å². The van der Waals surface area contributed by atoms with Gasteiger partial charge in [-0.05, 0) is 35.9 Å². The summed E-state index contributed by atoms with van der Waals surface area (Å²) in [5, 5.41) is 10.1. The molecule has 1 aromatic heterocycles. The van der Waals surface area contributed by atoms with Crippen LogP contribution in [0, 0.1) is 5.82 Å². The topological polar surface area (TPSA) is 39.9 Å². The van der Waals surface area contributed by atoms with Crippen molar-refractivity contribution in [2.45, 2.75) is 17.5 Å². The summed E-state index contributed by atoms with van der Waals surface area (Å²) in [7, 11) is 1.87. The molecular formula is C17H14Cl2FN3OS. The van der Waals surface area contributed by atoms with Crippen LogP contribution in [0.25, 0.3) is 0 Å². The highest BCUT2D eigenvalue weighted by Crippen LogP contribution is 2.28. The van der Waals surface area contributed by atoms with Gasteiger partial charge in [-0.25, -0.2) is 4.39 Å². The first-order chi connectivity index (χ1) is 12.0. The largest absolute Gasteiger partial charge is 0.484 e. The Bertz CT molecular complexity index is 871. The minimum atomic E-state index is -0.243. The number of ether oxygens (including phenoxy) is 1. The number of halogens is 3. The van der Waals surface area contributed by atoms with Gasteiger partial charge in [-0.3, -0.25) is 0 Å². The summed E-state index contributed by atoms with van der Waals surface area (Å²) in [5.41, 5.74) is 1.01. The van der Waals surface area contributed by atoms with Gasteiger partial charge in [0.25, 0.3) is 0 Å². The lowest BCUT2D eigenvalue weighted by molar-refractivity contribution is 0.290. The molecule has 0 spiro atoms. The van der Waals surface area contributed by atoms with E-state index in [-0.39, 0.29) is 12.4 Å². The van der Waals surface area contributed by atoms with E-state index in [9.17, 15) is 4.39 Å². The van der Waals surface area contributed by atoms with E-state index in [4.69, 9.17) is 27.9 Å². The van der Waals surface area contributed by atoms with E-state index >= 15 is 0 Å². The van der Waals surface area contributed by atoms with Crippen molar-refractivity contribution < 1.29 is 9.13 Å². The zero-order chi connectivity index (χ0) is 17.8. The molecule has 3 aromatic rings. The van der Waals surface area contributed by atoms with Crippen LogP contribution in [0.15, 0.2) is 47.6 Å². The molecule has 1 heterocycles. The molecule has 0 unspecified atom stereocenters. The molecule has 3 rings (SSSR count). The first-order valence-corrected chi connectivity index (χ1v) is 9.10. The second kappa shape index (κ2) is 8.08. The highest BCUT2D eigenvalue weighted by atomic mass is 35.5. The lowest BCUT2D eigenvalue weighted by Crippen LogP contribution is -2.04. The van der Waals surface area contributed by atoms with Gasteiger partial charge in [-0.15, -0.1) is 10.2 Å². The Hall–Kier alpha value is -1.76. The second-order valence-corrected chi connectivity index (χ2v) is 7.02. The fourth-order valence-corrected chi connectivity index (χ4v) is 3.41. The van der Waals surface area contributed by atoms with Gasteiger partial charge in [0.1, 0.15) is 18.2 Å². The van der Waals surface area contributed by atoms with Gasteiger partial charge in [-0.2, -0.15) is 0 Å². The summed E-state index contributed by atoms with van der Waals surface area (Å²) in [6, 6.07) is 11.5. The number of benzene rings is 2. The summed E-state index contributed by atoms with van der Waals surface area (Å²) in [4.78, 5) is 0. The van der Waals surface area contributed by atoms with E-state index in [0.717, 1.165) is 10.7 Å². The Balaban J connectivity index is 1.61. The molecule has 0 saturated heterocycles. The maximum atomic E-state index is 12.9. The third kappa shape index (κ3) is 4.66. The predicted octanol–water partition coefficient (Wildman–Crippen LogP) is 5.13. The molecule has 0 amide bonds. The standard InChI is InChI=1S/C17H14Cl2FN3OS/c1-23-16(9-24-15-7-4-12(18)8-14(15)19)21-22-17(23)25-10-11-2-5-13(20)6-3-11/h2-8H,9-10H2,1H3. The van der Waals surface area contributed by atoms with E-state index in [1.165, 1.54) is 23.9 Å². The molecule has 0 N–H and O–H groups in total. The van der Waals surface area contributed by atoms with Crippen LogP contribution in [0.2, 0.25) is 10.0 Å². The Labute approximate surface area is 158 Å². The van der Waals surface area contributed by atoms with Gasteiger partial charge in [0.05, 0.1) is 5.02 Å². The average molecular weight is 398 g/mol. The summed E-state index contributed by atoms with van der Waals surface area (Å²) >= 11 is 13.5. The van der Waals surface area contributed by atoms with Gasteiger partial charge in [0.15, 0.2) is 11.0 Å². The maximum absolute atomic E-state index is 12.9. The third-order valence-corrected chi connectivity index (χ3v) is 5.08. The van der Waals surface area contributed by atoms with Crippen molar-refractivity contribution in [2.75, 3.05) is 0 Å². The van der Waals surface area contributed by atoms with Crippen LogP contribution in [-0.4, -0.2) is 14.8 Å². The quantitative estimate of drug-likeness (QED) is 0.540. The number of nitrogens with zero attached hydrogens (tertiary/aromatic N) is 3. The van der Waals surface area contributed by atoms with Crippen LogP contribution in [-0.2, 0) is 19.4 Å². The van der Waals surface area contributed by atoms with E-state index in [1.54, 1.807) is 30.3 Å². The zero-order valence-corrected chi connectivity index (χ0v) is 15.6. The molecule has 0 atom stereocenters. The van der Waals surface area contributed by atoms with Crippen LogP contribution in [0.5, 0.6) is 5.75 Å². The summed E-state index contributed by atoms with van der Waals surface area (Å²) in [5.74, 6) is 1.64. The Morgan fingerprint density at radius 1 is 1.12 bits per heavy atom. The number of aromatic nitrogens is 3. The van der Waals surface area contributed by atoms with E-state index in [2.05, 4.69) is 10.2 Å². The number of thioether (sulfide) groups is 1. The van der Waals surface area contributed by atoms with Crippen molar-refractivity contribution >= 4 is 35.0 Å². The molecule has 130 valence electrons. The first kappa shape index (κ1) is 18.0. The highest BCUT2D eigenvalue weighted by Gasteiger charge is 2.11. The van der Waals surface area contributed by atoms with Crippen molar-refractivity contribution in [3.8, 4) is 5.75 Å². The van der Waals surface area contributed by atoms with Gasteiger partial charge < -0.3 is 9.30 Å². The van der Waals surface area contributed by atoms with Gasteiger partial charge in [0, 0.05) is 17.8 Å². The molecule has 4 nitrogen and oxygen atoms in total. The highest BCUT2D eigenvalue weighted by molar-refractivity contribution is 7.98. The van der Waals surface area contributed by atoms with E-state index in [1.807, 2.05) is 11.6 Å². The number of hydrogen-bond donors (Lipinski definition) is 0. The first-order valence-electron chi connectivity index (χ1n) is 7.36. The molecular weight excluding hydrogens is 384 g/mol. The molecule has 0 radical (unpaired) electrons. The monoisotopic (exact) mass is 397 g/mol.